The first-order valence-electron chi connectivity index (χ1n) is 8.95. The number of hydrogen-bond donors (Lipinski definition) is 1. The summed E-state index contributed by atoms with van der Waals surface area (Å²) in [6.45, 7) is 1.95. The molecular formula is C20H18F2N6O. The number of aromatic nitrogens is 5. The fraction of sp³-hybridized carbons (Fsp3) is 0.200. The van der Waals surface area contributed by atoms with Gasteiger partial charge in [0.25, 0.3) is 0 Å². The summed E-state index contributed by atoms with van der Waals surface area (Å²) >= 11 is 0. The van der Waals surface area contributed by atoms with Gasteiger partial charge in [0.05, 0.1) is 30.4 Å². The minimum absolute atomic E-state index is 0.0267. The highest BCUT2D eigenvalue weighted by atomic mass is 19.1. The van der Waals surface area contributed by atoms with E-state index in [-0.39, 0.29) is 30.3 Å². The number of nitrogens with zero attached hydrogens (tertiary/aromatic N) is 5. The van der Waals surface area contributed by atoms with E-state index in [1.165, 1.54) is 23.1 Å². The van der Waals surface area contributed by atoms with Gasteiger partial charge in [-0.25, -0.2) is 8.78 Å². The van der Waals surface area contributed by atoms with Gasteiger partial charge in [0.15, 0.2) is 5.82 Å². The normalized spacial score (nSPS) is 11.2. The molecule has 1 amide bonds. The van der Waals surface area contributed by atoms with Crippen LogP contribution in [-0.2, 0) is 24.8 Å². The smallest absolute Gasteiger partial charge is 0.230 e. The third-order valence-corrected chi connectivity index (χ3v) is 4.59. The third kappa shape index (κ3) is 3.98. The van der Waals surface area contributed by atoms with E-state index in [4.69, 9.17) is 0 Å². The first-order chi connectivity index (χ1) is 13.9. The molecule has 0 unspecified atom stereocenters. The molecule has 2 aromatic carbocycles. The highest BCUT2D eigenvalue weighted by molar-refractivity contribution is 5.92. The predicted octanol–water partition coefficient (Wildman–Crippen LogP) is 2.98. The Hall–Kier alpha value is -3.62. The van der Waals surface area contributed by atoms with Crippen molar-refractivity contribution in [1.29, 1.82) is 0 Å². The van der Waals surface area contributed by atoms with Crippen molar-refractivity contribution in [1.82, 2.24) is 24.8 Å². The third-order valence-electron chi connectivity index (χ3n) is 4.59. The Morgan fingerprint density at radius 2 is 1.97 bits per heavy atom. The monoisotopic (exact) mass is 396 g/mol. The van der Waals surface area contributed by atoms with Crippen LogP contribution in [-0.4, -0.2) is 30.7 Å². The summed E-state index contributed by atoms with van der Waals surface area (Å²) in [6.07, 6.45) is 1.55. The Balaban J connectivity index is 1.42. The summed E-state index contributed by atoms with van der Waals surface area (Å²) in [5.74, 6) is -1.30. The summed E-state index contributed by atoms with van der Waals surface area (Å²) in [5, 5.41) is 16.2. The van der Waals surface area contributed by atoms with E-state index in [2.05, 4.69) is 20.6 Å². The zero-order valence-corrected chi connectivity index (χ0v) is 15.9. The number of rotatable bonds is 5. The second-order valence-electron chi connectivity index (χ2n) is 6.78. The quantitative estimate of drug-likeness (QED) is 0.563. The van der Waals surface area contributed by atoms with Crippen LogP contribution in [0.5, 0.6) is 0 Å². The van der Waals surface area contributed by atoms with E-state index < -0.39 is 11.6 Å². The summed E-state index contributed by atoms with van der Waals surface area (Å²) < 4.78 is 28.5. The lowest BCUT2D eigenvalue weighted by Gasteiger charge is -2.04. The second-order valence-corrected chi connectivity index (χ2v) is 6.78. The van der Waals surface area contributed by atoms with E-state index in [1.807, 2.05) is 32.2 Å². The van der Waals surface area contributed by atoms with Crippen molar-refractivity contribution < 1.29 is 13.6 Å². The molecule has 7 nitrogen and oxygen atoms in total. The molecule has 0 saturated heterocycles. The van der Waals surface area contributed by atoms with Gasteiger partial charge in [0.1, 0.15) is 11.6 Å². The predicted molar refractivity (Wildman–Crippen MR) is 103 cm³/mol. The number of amides is 1. The molecule has 148 valence electrons. The molecule has 0 radical (unpaired) electrons. The molecule has 0 fully saturated rings. The summed E-state index contributed by atoms with van der Waals surface area (Å²) in [7, 11) is 1.88. The van der Waals surface area contributed by atoms with Crippen LogP contribution < -0.4 is 5.32 Å². The average Bonchev–Trinajstić information content (AvgIpc) is 3.21. The number of halogens is 2. The van der Waals surface area contributed by atoms with Crippen molar-refractivity contribution in [2.45, 2.75) is 19.9 Å². The van der Waals surface area contributed by atoms with Crippen molar-refractivity contribution in [3.63, 3.8) is 0 Å². The number of fused-ring (bicyclic) bond motifs is 1. The molecular weight excluding hydrogens is 378 g/mol. The van der Waals surface area contributed by atoms with Crippen molar-refractivity contribution in [2.75, 3.05) is 5.32 Å². The number of anilines is 1. The molecule has 2 heterocycles. The molecule has 0 saturated carbocycles. The van der Waals surface area contributed by atoms with Crippen LogP contribution in [0.4, 0.5) is 14.6 Å². The van der Waals surface area contributed by atoms with E-state index in [1.54, 1.807) is 4.68 Å². The molecule has 4 aromatic rings. The van der Waals surface area contributed by atoms with Gasteiger partial charge in [-0.3, -0.25) is 9.48 Å². The SMILES string of the molecule is Cc1nn(C)c2ccc(CC(=O)Nc3cnn(Cc4ccc(F)cc4F)n3)cc12. The molecule has 0 aliphatic rings. The Labute approximate surface area is 164 Å². The highest BCUT2D eigenvalue weighted by Crippen LogP contribution is 2.19. The average molecular weight is 396 g/mol. The van der Waals surface area contributed by atoms with E-state index >= 15 is 0 Å². The van der Waals surface area contributed by atoms with Gasteiger partial charge in [-0.05, 0) is 30.7 Å². The molecule has 0 aliphatic carbocycles. The lowest BCUT2D eigenvalue weighted by Crippen LogP contribution is -2.15. The molecule has 29 heavy (non-hydrogen) atoms. The van der Waals surface area contributed by atoms with Crippen LogP contribution in [0.2, 0.25) is 0 Å². The number of hydrogen-bond acceptors (Lipinski definition) is 4. The maximum absolute atomic E-state index is 13.8. The van der Waals surface area contributed by atoms with Gasteiger partial charge in [-0.2, -0.15) is 15.0 Å². The summed E-state index contributed by atoms with van der Waals surface area (Å²) in [4.78, 5) is 13.6. The Kier molecular flexibility index (Phi) is 4.79. The van der Waals surface area contributed by atoms with Gasteiger partial charge >= 0.3 is 0 Å². The largest absolute Gasteiger partial charge is 0.308 e. The van der Waals surface area contributed by atoms with Gasteiger partial charge in [0, 0.05) is 24.1 Å². The lowest BCUT2D eigenvalue weighted by atomic mass is 10.1. The van der Waals surface area contributed by atoms with Crippen LogP contribution in [0.15, 0.2) is 42.6 Å². The van der Waals surface area contributed by atoms with Gasteiger partial charge < -0.3 is 5.32 Å². The Morgan fingerprint density at radius 1 is 1.14 bits per heavy atom. The summed E-state index contributed by atoms with van der Waals surface area (Å²) in [6, 6.07) is 9.09. The van der Waals surface area contributed by atoms with Crippen LogP contribution in [0.1, 0.15) is 16.8 Å². The lowest BCUT2D eigenvalue weighted by molar-refractivity contribution is -0.115. The number of nitrogens with one attached hydrogen (secondary N) is 1. The van der Waals surface area contributed by atoms with Crippen LogP contribution >= 0.6 is 0 Å². The number of benzene rings is 2. The van der Waals surface area contributed by atoms with Gasteiger partial charge in [0.2, 0.25) is 5.91 Å². The maximum Gasteiger partial charge on any atom is 0.230 e. The zero-order valence-electron chi connectivity index (χ0n) is 15.9. The first-order valence-corrected chi connectivity index (χ1v) is 8.95. The van der Waals surface area contributed by atoms with Crippen molar-refractivity contribution >= 4 is 22.6 Å². The minimum Gasteiger partial charge on any atom is -0.308 e. The first kappa shape index (κ1) is 18.7. The van der Waals surface area contributed by atoms with E-state index in [0.29, 0.717) is 0 Å². The molecule has 2 aromatic heterocycles. The highest BCUT2D eigenvalue weighted by Gasteiger charge is 2.11. The van der Waals surface area contributed by atoms with E-state index in [0.717, 1.165) is 28.2 Å². The van der Waals surface area contributed by atoms with Crippen molar-refractivity contribution in [3.05, 3.63) is 71.1 Å². The van der Waals surface area contributed by atoms with Crippen LogP contribution in [0, 0.1) is 18.6 Å². The molecule has 4 rings (SSSR count). The Morgan fingerprint density at radius 3 is 2.76 bits per heavy atom. The van der Waals surface area contributed by atoms with Crippen LogP contribution in [0.25, 0.3) is 10.9 Å². The minimum atomic E-state index is -0.672. The fourth-order valence-corrected chi connectivity index (χ4v) is 3.20. The van der Waals surface area contributed by atoms with Crippen molar-refractivity contribution in [3.8, 4) is 0 Å². The van der Waals surface area contributed by atoms with Crippen LogP contribution in [0.3, 0.4) is 0 Å². The molecule has 0 aliphatic heterocycles. The van der Waals surface area contributed by atoms with E-state index in [9.17, 15) is 13.6 Å². The molecule has 0 atom stereocenters. The Bertz CT molecular complexity index is 1210. The van der Waals surface area contributed by atoms with Gasteiger partial charge in [-0.15, -0.1) is 5.10 Å². The van der Waals surface area contributed by atoms with Crippen molar-refractivity contribution in [2.24, 2.45) is 7.05 Å². The van der Waals surface area contributed by atoms with Gasteiger partial charge in [-0.1, -0.05) is 12.1 Å². The topological polar surface area (TPSA) is 77.6 Å². The molecule has 0 spiro atoms. The molecule has 1 N–H and O–H groups in total. The molecule has 0 bridgehead atoms. The second kappa shape index (κ2) is 7.42. The number of carbonyl (C=O) groups is 1. The summed E-state index contributed by atoms with van der Waals surface area (Å²) in [5.41, 5.74) is 3.01. The standard InChI is InChI=1S/C20H18F2N6O/c1-12-16-7-13(3-6-18(16)27(2)25-12)8-20(29)24-19-10-23-28(26-19)11-14-4-5-15(21)9-17(14)22/h3-7,9-10H,8,11H2,1-2H3,(H,24,26,29). The maximum atomic E-state index is 13.8. The fourth-order valence-electron chi connectivity index (χ4n) is 3.20. The zero-order chi connectivity index (χ0) is 20.5. The number of aryl methyl sites for hydroxylation is 2. The number of carbonyl (C=O) groups excluding carboxylic acids is 1. The molecule has 9 heteroatoms.